The van der Waals surface area contributed by atoms with E-state index in [1.54, 1.807) is 12.3 Å². The zero-order valence-corrected chi connectivity index (χ0v) is 11.0. The van der Waals surface area contributed by atoms with Crippen LogP contribution in [0.5, 0.6) is 5.75 Å². The van der Waals surface area contributed by atoms with Crippen molar-refractivity contribution in [3.05, 3.63) is 42.1 Å². The molecule has 1 heterocycles. The van der Waals surface area contributed by atoms with E-state index in [0.717, 1.165) is 11.3 Å². The molecule has 5 nitrogen and oxygen atoms in total. The van der Waals surface area contributed by atoms with Crippen LogP contribution in [0, 0.1) is 0 Å². The van der Waals surface area contributed by atoms with E-state index >= 15 is 0 Å². The third kappa shape index (κ3) is 3.58. The van der Waals surface area contributed by atoms with Crippen LogP contribution in [-0.4, -0.2) is 22.7 Å². The van der Waals surface area contributed by atoms with Gasteiger partial charge in [0.2, 0.25) is 0 Å². The van der Waals surface area contributed by atoms with Gasteiger partial charge in [-0.3, -0.25) is 9.89 Å². The summed E-state index contributed by atoms with van der Waals surface area (Å²) in [5.74, 6) is 1.44. The SMILES string of the molecule is CC(C)c1ccccc1OCC(=O)Nc1ccn[nH]1. The number of nitrogens with zero attached hydrogens (tertiary/aromatic N) is 1. The number of amides is 1. The first-order chi connectivity index (χ1) is 9.16. The molecule has 5 heteroatoms. The van der Waals surface area contributed by atoms with Crippen LogP contribution in [0.4, 0.5) is 5.82 Å². The van der Waals surface area contributed by atoms with Crippen molar-refractivity contribution in [3.63, 3.8) is 0 Å². The van der Waals surface area contributed by atoms with E-state index in [9.17, 15) is 4.79 Å². The molecule has 0 saturated heterocycles. The number of nitrogens with one attached hydrogen (secondary N) is 2. The van der Waals surface area contributed by atoms with Gasteiger partial charge in [0.25, 0.3) is 5.91 Å². The van der Waals surface area contributed by atoms with E-state index in [1.807, 2.05) is 24.3 Å². The highest BCUT2D eigenvalue weighted by molar-refractivity contribution is 5.90. The standard InChI is InChI=1S/C14H17N3O2/c1-10(2)11-5-3-4-6-12(11)19-9-14(18)16-13-7-8-15-17-13/h3-8,10H,9H2,1-2H3,(H2,15,16,17,18). The van der Waals surface area contributed by atoms with Crippen LogP contribution in [0.25, 0.3) is 0 Å². The first kappa shape index (κ1) is 13.1. The molecule has 0 radical (unpaired) electrons. The fraction of sp³-hybridized carbons (Fsp3) is 0.286. The van der Waals surface area contributed by atoms with Crippen molar-refractivity contribution in [1.82, 2.24) is 10.2 Å². The van der Waals surface area contributed by atoms with Gasteiger partial charge in [0.05, 0.1) is 6.20 Å². The summed E-state index contributed by atoms with van der Waals surface area (Å²) >= 11 is 0. The van der Waals surface area contributed by atoms with Crippen molar-refractivity contribution in [1.29, 1.82) is 0 Å². The molecule has 0 aliphatic rings. The van der Waals surface area contributed by atoms with E-state index < -0.39 is 0 Å². The minimum absolute atomic E-state index is 0.0250. The molecule has 2 rings (SSSR count). The maximum Gasteiger partial charge on any atom is 0.263 e. The van der Waals surface area contributed by atoms with Crippen molar-refractivity contribution < 1.29 is 9.53 Å². The maximum absolute atomic E-state index is 11.7. The molecule has 0 fully saturated rings. The number of H-pyrrole nitrogens is 1. The van der Waals surface area contributed by atoms with Gasteiger partial charge in [-0.25, -0.2) is 0 Å². The average Bonchev–Trinajstić information content (AvgIpc) is 2.89. The lowest BCUT2D eigenvalue weighted by Crippen LogP contribution is -2.20. The number of carbonyl (C=O) groups excluding carboxylic acids is 1. The van der Waals surface area contributed by atoms with Crippen LogP contribution in [0.1, 0.15) is 25.3 Å². The van der Waals surface area contributed by atoms with Crippen LogP contribution in [0.2, 0.25) is 0 Å². The smallest absolute Gasteiger partial charge is 0.263 e. The molecule has 2 N–H and O–H groups in total. The lowest BCUT2D eigenvalue weighted by Gasteiger charge is -2.13. The summed E-state index contributed by atoms with van der Waals surface area (Å²) in [5, 5.41) is 9.07. The molecule has 0 aliphatic carbocycles. The van der Waals surface area contributed by atoms with Crippen LogP contribution < -0.4 is 10.1 Å². The molecule has 2 aromatic rings. The predicted molar refractivity (Wildman–Crippen MR) is 73.2 cm³/mol. The molecule has 0 spiro atoms. The first-order valence-corrected chi connectivity index (χ1v) is 6.18. The molecule has 0 saturated carbocycles. The Morgan fingerprint density at radius 2 is 2.16 bits per heavy atom. The van der Waals surface area contributed by atoms with Crippen molar-refractivity contribution in [2.24, 2.45) is 0 Å². The second-order valence-corrected chi connectivity index (χ2v) is 4.50. The normalized spacial score (nSPS) is 10.5. The second-order valence-electron chi connectivity index (χ2n) is 4.50. The number of hydrogen-bond donors (Lipinski definition) is 2. The zero-order chi connectivity index (χ0) is 13.7. The third-order valence-electron chi connectivity index (χ3n) is 2.67. The minimum atomic E-state index is -0.220. The number of benzene rings is 1. The first-order valence-electron chi connectivity index (χ1n) is 6.18. The van der Waals surface area contributed by atoms with Crippen LogP contribution in [0.15, 0.2) is 36.5 Å². The molecular formula is C14H17N3O2. The van der Waals surface area contributed by atoms with Crippen LogP contribution in [-0.2, 0) is 4.79 Å². The highest BCUT2D eigenvalue weighted by Gasteiger charge is 2.09. The van der Waals surface area contributed by atoms with Gasteiger partial charge in [-0.05, 0) is 17.5 Å². The van der Waals surface area contributed by atoms with Crippen LogP contribution >= 0.6 is 0 Å². The highest BCUT2D eigenvalue weighted by atomic mass is 16.5. The minimum Gasteiger partial charge on any atom is -0.483 e. The molecule has 0 bridgehead atoms. The zero-order valence-electron chi connectivity index (χ0n) is 11.0. The largest absolute Gasteiger partial charge is 0.483 e. The average molecular weight is 259 g/mol. The Bertz CT molecular complexity index is 535. The number of rotatable bonds is 5. The number of aromatic amines is 1. The summed E-state index contributed by atoms with van der Waals surface area (Å²) in [6, 6.07) is 9.42. The Kier molecular flexibility index (Phi) is 4.18. The Hall–Kier alpha value is -2.30. The summed E-state index contributed by atoms with van der Waals surface area (Å²) in [6.45, 7) is 4.16. The predicted octanol–water partition coefficient (Wildman–Crippen LogP) is 2.55. The second kappa shape index (κ2) is 6.04. The van der Waals surface area contributed by atoms with Gasteiger partial charge < -0.3 is 10.1 Å². The molecule has 1 aromatic carbocycles. The van der Waals surface area contributed by atoms with Crippen molar-refractivity contribution in [2.45, 2.75) is 19.8 Å². The van der Waals surface area contributed by atoms with E-state index in [-0.39, 0.29) is 12.5 Å². The van der Waals surface area contributed by atoms with Gasteiger partial charge in [-0.15, -0.1) is 0 Å². The summed E-state index contributed by atoms with van der Waals surface area (Å²) in [7, 11) is 0. The fourth-order valence-electron chi connectivity index (χ4n) is 1.74. The van der Waals surface area contributed by atoms with Crippen molar-refractivity contribution in [2.75, 3.05) is 11.9 Å². The van der Waals surface area contributed by atoms with E-state index in [2.05, 4.69) is 29.4 Å². The molecule has 0 unspecified atom stereocenters. The van der Waals surface area contributed by atoms with Crippen molar-refractivity contribution in [3.8, 4) is 5.75 Å². The Labute approximate surface area is 112 Å². The third-order valence-corrected chi connectivity index (χ3v) is 2.67. The van der Waals surface area contributed by atoms with Gasteiger partial charge >= 0.3 is 0 Å². The Balaban J connectivity index is 1.93. The molecular weight excluding hydrogens is 242 g/mol. The summed E-state index contributed by atoms with van der Waals surface area (Å²) in [6.07, 6.45) is 1.57. The Morgan fingerprint density at radius 3 is 2.84 bits per heavy atom. The number of ether oxygens (including phenoxy) is 1. The molecule has 1 aromatic heterocycles. The quantitative estimate of drug-likeness (QED) is 0.867. The Morgan fingerprint density at radius 1 is 1.37 bits per heavy atom. The van der Waals surface area contributed by atoms with Gasteiger partial charge in [0.15, 0.2) is 6.61 Å². The molecule has 0 aliphatic heterocycles. The van der Waals surface area contributed by atoms with Gasteiger partial charge in [-0.1, -0.05) is 32.0 Å². The number of aromatic nitrogens is 2. The van der Waals surface area contributed by atoms with Crippen molar-refractivity contribution >= 4 is 11.7 Å². The molecule has 19 heavy (non-hydrogen) atoms. The maximum atomic E-state index is 11.7. The number of carbonyl (C=O) groups is 1. The topological polar surface area (TPSA) is 67.0 Å². The number of anilines is 1. The lowest BCUT2D eigenvalue weighted by molar-refractivity contribution is -0.118. The van der Waals surface area contributed by atoms with Gasteiger partial charge in [0, 0.05) is 6.07 Å². The molecule has 100 valence electrons. The summed E-state index contributed by atoms with van der Waals surface area (Å²) in [4.78, 5) is 11.7. The van der Waals surface area contributed by atoms with E-state index in [1.165, 1.54) is 0 Å². The highest BCUT2D eigenvalue weighted by Crippen LogP contribution is 2.25. The summed E-state index contributed by atoms with van der Waals surface area (Å²) < 4.78 is 5.56. The lowest BCUT2D eigenvalue weighted by atomic mass is 10.0. The number of hydrogen-bond acceptors (Lipinski definition) is 3. The molecule has 0 atom stereocenters. The van der Waals surface area contributed by atoms with Crippen LogP contribution in [0.3, 0.4) is 0 Å². The molecule has 1 amide bonds. The van der Waals surface area contributed by atoms with Gasteiger partial charge in [-0.2, -0.15) is 5.10 Å². The van der Waals surface area contributed by atoms with E-state index in [0.29, 0.717) is 11.7 Å². The number of para-hydroxylation sites is 1. The summed E-state index contributed by atoms with van der Waals surface area (Å²) in [5.41, 5.74) is 1.09. The van der Waals surface area contributed by atoms with Gasteiger partial charge in [0.1, 0.15) is 11.6 Å². The van der Waals surface area contributed by atoms with E-state index in [4.69, 9.17) is 4.74 Å². The monoisotopic (exact) mass is 259 g/mol. The fourth-order valence-corrected chi connectivity index (χ4v) is 1.74.